The van der Waals surface area contributed by atoms with E-state index in [2.05, 4.69) is 4.98 Å². The molecule has 4 rings (SSSR count). The maximum Gasteiger partial charge on any atom is 0.159 e. The number of allylic oxidation sites excluding steroid dienone is 1. The Morgan fingerprint density at radius 3 is 2.58 bits per heavy atom. The number of aryl methyl sites for hydroxylation is 1. The first-order chi connectivity index (χ1) is 11.6. The molecule has 0 atom stereocenters. The summed E-state index contributed by atoms with van der Waals surface area (Å²) in [7, 11) is 0. The van der Waals surface area contributed by atoms with Crippen molar-refractivity contribution in [1.82, 2.24) is 4.98 Å². The maximum absolute atomic E-state index is 9.84. The van der Waals surface area contributed by atoms with Gasteiger partial charge in [0.15, 0.2) is 11.5 Å². The number of aromatic nitrogens is 1. The third-order valence-corrected chi connectivity index (χ3v) is 4.63. The predicted molar refractivity (Wildman–Crippen MR) is 94.0 cm³/mol. The quantitative estimate of drug-likeness (QED) is 0.607. The fourth-order valence-electron chi connectivity index (χ4n) is 3.09. The monoisotopic (exact) mass is 341 g/mol. The van der Waals surface area contributed by atoms with Crippen LogP contribution in [0, 0.1) is 0 Å². The third kappa shape index (κ3) is 2.49. The zero-order chi connectivity index (χ0) is 16.7. The molecule has 2 aromatic carbocycles. The summed E-state index contributed by atoms with van der Waals surface area (Å²) in [6, 6.07) is 13.0. The fourth-order valence-corrected chi connectivity index (χ4v) is 3.33. The smallest absolute Gasteiger partial charge is 0.159 e. The molecule has 24 heavy (non-hydrogen) atoms. The Bertz CT molecular complexity index is 944. The number of aromatic hydroxyl groups is 2. The van der Waals surface area contributed by atoms with Gasteiger partial charge in [0.25, 0.3) is 0 Å². The van der Waals surface area contributed by atoms with Crippen LogP contribution in [0.5, 0.6) is 11.5 Å². The minimum Gasteiger partial charge on any atom is -0.504 e. The van der Waals surface area contributed by atoms with Gasteiger partial charge in [0, 0.05) is 22.7 Å². The van der Waals surface area contributed by atoms with Gasteiger partial charge < -0.3 is 19.9 Å². The molecule has 1 aliphatic rings. The molecule has 5 heteroatoms. The van der Waals surface area contributed by atoms with Crippen LogP contribution in [-0.2, 0) is 17.8 Å². The molecule has 3 N–H and O–H groups in total. The highest BCUT2D eigenvalue weighted by Crippen LogP contribution is 2.41. The van der Waals surface area contributed by atoms with Crippen molar-refractivity contribution < 1.29 is 14.9 Å². The normalized spacial score (nSPS) is 14.0. The number of ether oxygens (including phenoxy) is 1. The van der Waals surface area contributed by atoms with Crippen LogP contribution in [0.3, 0.4) is 0 Å². The summed E-state index contributed by atoms with van der Waals surface area (Å²) in [5.41, 5.74) is 3.68. The molecule has 0 saturated carbocycles. The summed E-state index contributed by atoms with van der Waals surface area (Å²) in [6.45, 7) is 0.419. The number of phenolic OH excluding ortho intramolecular Hbond substituents is 2. The number of H-pyrrole nitrogens is 1. The van der Waals surface area contributed by atoms with Gasteiger partial charge in [-0.25, -0.2) is 0 Å². The average molecular weight is 342 g/mol. The Labute approximate surface area is 144 Å². The Hall–Kier alpha value is -2.59. The van der Waals surface area contributed by atoms with E-state index in [1.807, 2.05) is 30.3 Å². The summed E-state index contributed by atoms with van der Waals surface area (Å²) in [4.78, 5) is 3.29. The van der Waals surface area contributed by atoms with Crippen LogP contribution in [0.15, 0.2) is 47.5 Å². The van der Waals surface area contributed by atoms with Crippen LogP contribution in [0.4, 0.5) is 0 Å². The van der Waals surface area contributed by atoms with E-state index in [9.17, 15) is 10.2 Å². The lowest BCUT2D eigenvalue weighted by Gasteiger charge is -2.18. The van der Waals surface area contributed by atoms with Gasteiger partial charge in [0.2, 0.25) is 0 Å². The Morgan fingerprint density at radius 2 is 1.79 bits per heavy atom. The first-order valence-electron chi connectivity index (χ1n) is 7.76. The summed E-state index contributed by atoms with van der Waals surface area (Å²) in [6.07, 6.45) is 1.46. The van der Waals surface area contributed by atoms with E-state index in [-0.39, 0.29) is 11.5 Å². The maximum atomic E-state index is 9.84. The molecule has 1 aromatic heterocycles. The minimum absolute atomic E-state index is 0.150. The van der Waals surface area contributed by atoms with Gasteiger partial charge in [-0.05, 0) is 24.5 Å². The molecule has 3 aromatic rings. The number of nitrogens with one attached hydrogen (secondary N) is 1. The molecular weight excluding hydrogens is 326 g/mol. The van der Waals surface area contributed by atoms with Gasteiger partial charge in [-0.3, -0.25) is 0 Å². The zero-order valence-electron chi connectivity index (χ0n) is 12.8. The Balaban J connectivity index is 1.77. The van der Waals surface area contributed by atoms with Gasteiger partial charge in [-0.1, -0.05) is 41.9 Å². The van der Waals surface area contributed by atoms with E-state index in [0.717, 1.165) is 34.1 Å². The molecule has 0 saturated heterocycles. The van der Waals surface area contributed by atoms with E-state index >= 15 is 0 Å². The van der Waals surface area contributed by atoms with Crippen molar-refractivity contribution >= 4 is 28.3 Å². The first-order valence-corrected chi connectivity index (χ1v) is 8.13. The third-order valence-electron chi connectivity index (χ3n) is 4.27. The molecule has 0 aliphatic heterocycles. The summed E-state index contributed by atoms with van der Waals surface area (Å²) >= 11 is 6.43. The van der Waals surface area contributed by atoms with Crippen LogP contribution >= 0.6 is 11.6 Å². The van der Waals surface area contributed by atoms with Crippen molar-refractivity contribution in [3.05, 3.63) is 64.3 Å². The number of hydrogen-bond acceptors (Lipinski definition) is 3. The highest BCUT2D eigenvalue weighted by molar-refractivity contribution is 6.33. The first kappa shape index (κ1) is 15.0. The lowest BCUT2D eigenvalue weighted by atomic mass is 9.99. The van der Waals surface area contributed by atoms with E-state index < -0.39 is 0 Å². The van der Waals surface area contributed by atoms with Crippen LogP contribution in [0.1, 0.15) is 23.2 Å². The summed E-state index contributed by atoms with van der Waals surface area (Å²) in [5, 5.41) is 21.0. The second-order valence-electron chi connectivity index (χ2n) is 5.87. The molecule has 1 aliphatic carbocycles. The van der Waals surface area contributed by atoms with Crippen molar-refractivity contribution in [2.75, 3.05) is 0 Å². The number of aromatic amines is 1. The fraction of sp³-hybridized carbons (Fsp3) is 0.158. The lowest BCUT2D eigenvalue weighted by Crippen LogP contribution is -2.04. The minimum atomic E-state index is -0.159. The summed E-state index contributed by atoms with van der Waals surface area (Å²) in [5.74, 6) is 0.328. The molecule has 4 nitrogen and oxygen atoms in total. The number of fused-ring (bicyclic) bond motifs is 3. The highest BCUT2D eigenvalue weighted by Gasteiger charge is 2.25. The van der Waals surface area contributed by atoms with Crippen molar-refractivity contribution in [3.63, 3.8) is 0 Å². The second kappa shape index (κ2) is 5.80. The number of rotatable bonds is 3. The van der Waals surface area contributed by atoms with Gasteiger partial charge in [0.05, 0.1) is 10.5 Å². The number of benzene rings is 2. The van der Waals surface area contributed by atoms with E-state index in [4.69, 9.17) is 16.3 Å². The predicted octanol–water partition coefficient (Wildman–Crippen LogP) is 4.65. The zero-order valence-corrected chi connectivity index (χ0v) is 13.6. The average Bonchev–Trinajstić information content (AvgIpc) is 2.93. The van der Waals surface area contributed by atoms with Gasteiger partial charge in [-0.15, -0.1) is 0 Å². The molecule has 0 spiro atoms. The van der Waals surface area contributed by atoms with Gasteiger partial charge in [0.1, 0.15) is 12.4 Å². The topological polar surface area (TPSA) is 65.5 Å². The van der Waals surface area contributed by atoms with E-state index in [1.165, 1.54) is 6.07 Å². The van der Waals surface area contributed by atoms with Gasteiger partial charge in [-0.2, -0.15) is 0 Å². The van der Waals surface area contributed by atoms with Crippen LogP contribution in [0.2, 0.25) is 0 Å². The summed E-state index contributed by atoms with van der Waals surface area (Å²) < 4.78 is 6.03. The van der Waals surface area contributed by atoms with E-state index in [1.54, 1.807) is 6.07 Å². The molecule has 0 unspecified atom stereocenters. The Kier molecular flexibility index (Phi) is 3.62. The second-order valence-corrected chi connectivity index (χ2v) is 6.33. The Morgan fingerprint density at radius 1 is 1.04 bits per heavy atom. The molecule has 122 valence electrons. The molecular formula is C19H16ClNO3. The van der Waals surface area contributed by atoms with Gasteiger partial charge >= 0.3 is 0 Å². The number of halogens is 1. The number of hydrogen-bond donors (Lipinski definition) is 3. The van der Waals surface area contributed by atoms with E-state index in [0.29, 0.717) is 23.8 Å². The molecule has 0 amide bonds. The molecule has 1 heterocycles. The van der Waals surface area contributed by atoms with Crippen LogP contribution in [0.25, 0.3) is 16.7 Å². The largest absolute Gasteiger partial charge is 0.504 e. The van der Waals surface area contributed by atoms with Crippen molar-refractivity contribution in [2.45, 2.75) is 19.4 Å². The number of phenols is 2. The standard InChI is InChI=1S/C19H16ClNO3/c20-13-6-7-14-18(12-8-16(22)17(23)9-15(12)21-14)19(13)24-10-11-4-2-1-3-5-11/h1-5,8-9,21-23H,6-7,10H2. The van der Waals surface area contributed by atoms with Crippen molar-refractivity contribution in [2.24, 2.45) is 0 Å². The lowest BCUT2D eigenvalue weighted by molar-refractivity contribution is 0.261. The highest BCUT2D eigenvalue weighted by atomic mass is 35.5. The molecule has 0 fully saturated rings. The SMILES string of the molecule is Oc1cc2[nH]c3c(c2cc1O)C(OCc1ccccc1)=C(Cl)CC3. The van der Waals surface area contributed by atoms with Crippen LogP contribution in [-0.4, -0.2) is 15.2 Å². The van der Waals surface area contributed by atoms with Crippen molar-refractivity contribution in [3.8, 4) is 11.5 Å². The van der Waals surface area contributed by atoms with Crippen molar-refractivity contribution in [1.29, 1.82) is 0 Å². The van der Waals surface area contributed by atoms with Crippen LogP contribution < -0.4 is 0 Å². The molecule has 0 bridgehead atoms. The molecule has 0 radical (unpaired) electrons.